The minimum Gasteiger partial charge on any atom is -0.309 e. The fourth-order valence-electron chi connectivity index (χ4n) is 1.85. The maximum absolute atomic E-state index is 13.9. The Morgan fingerprint density at radius 2 is 1.65 bits per heavy atom. The largest absolute Gasteiger partial charge is 0.309 e. The third-order valence-electron chi connectivity index (χ3n) is 2.57. The van der Waals surface area contributed by atoms with Gasteiger partial charge in [-0.15, -0.1) is 0 Å². The van der Waals surface area contributed by atoms with Crippen LogP contribution in [0.3, 0.4) is 0 Å². The zero-order chi connectivity index (χ0) is 15.4. The van der Waals surface area contributed by atoms with Gasteiger partial charge in [0.1, 0.15) is 0 Å². The molecule has 0 aliphatic heterocycles. The average molecular weight is 306 g/mol. The van der Waals surface area contributed by atoms with Gasteiger partial charge in [0.05, 0.1) is 12.8 Å². The highest BCUT2D eigenvalue weighted by Gasteiger charge is 2.32. The monoisotopic (exact) mass is 306 g/mol. The maximum atomic E-state index is 13.9. The topological polar surface area (TPSA) is 58.2 Å². The van der Waals surface area contributed by atoms with Gasteiger partial charge in [0.25, 0.3) is 5.92 Å². The van der Waals surface area contributed by atoms with Crippen LogP contribution in [-0.2, 0) is 15.9 Å². The minimum absolute atomic E-state index is 0.0682. The standard InChI is InChI=1S/C13H20F2N2O2S/c1-12(2,17-20(3,18)19)9-16-10-13(14,15)11-7-5-4-6-8-11/h4-8,16-17H,9-10H2,1-3H3. The van der Waals surface area contributed by atoms with Crippen LogP contribution in [0, 0.1) is 0 Å². The lowest BCUT2D eigenvalue weighted by Gasteiger charge is -2.27. The van der Waals surface area contributed by atoms with E-state index < -0.39 is 28.0 Å². The molecule has 0 spiro atoms. The van der Waals surface area contributed by atoms with Gasteiger partial charge in [-0.05, 0) is 13.8 Å². The molecule has 114 valence electrons. The number of halogens is 2. The molecule has 1 rings (SSSR count). The zero-order valence-corrected chi connectivity index (χ0v) is 12.6. The van der Waals surface area contributed by atoms with Crippen LogP contribution in [0.2, 0.25) is 0 Å². The van der Waals surface area contributed by atoms with Crippen molar-refractivity contribution >= 4 is 10.0 Å². The zero-order valence-electron chi connectivity index (χ0n) is 11.8. The molecule has 2 N–H and O–H groups in total. The molecule has 0 fully saturated rings. The SMILES string of the molecule is CC(C)(CNCC(F)(F)c1ccccc1)NS(C)(=O)=O. The molecule has 7 heteroatoms. The van der Waals surface area contributed by atoms with Crippen LogP contribution in [0.15, 0.2) is 30.3 Å². The summed E-state index contributed by atoms with van der Waals surface area (Å²) >= 11 is 0. The number of alkyl halides is 2. The lowest BCUT2D eigenvalue weighted by molar-refractivity contribution is -0.00394. The Balaban J connectivity index is 2.56. The van der Waals surface area contributed by atoms with Gasteiger partial charge in [0, 0.05) is 17.6 Å². The molecule has 1 aromatic rings. The van der Waals surface area contributed by atoms with E-state index in [2.05, 4.69) is 10.0 Å². The van der Waals surface area contributed by atoms with Crippen LogP contribution >= 0.6 is 0 Å². The van der Waals surface area contributed by atoms with E-state index in [9.17, 15) is 17.2 Å². The number of hydrogen-bond donors (Lipinski definition) is 2. The third kappa shape index (κ3) is 5.94. The van der Waals surface area contributed by atoms with Crippen molar-refractivity contribution in [2.24, 2.45) is 0 Å². The van der Waals surface area contributed by atoms with Crippen molar-refractivity contribution in [2.45, 2.75) is 25.3 Å². The summed E-state index contributed by atoms with van der Waals surface area (Å²) < 4.78 is 52.4. The van der Waals surface area contributed by atoms with Gasteiger partial charge in [0.2, 0.25) is 10.0 Å². The summed E-state index contributed by atoms with van der Waals surface area (Å²) in [6, 6.07) is 7.51. The molecular weight excluding hydrogens is 286 g/mol. The molecule has 0 aliphatic carbocycles. The first-order valence-corrected chi connectivity index (χ1v) is 8.04. The predicted molar refractivity (Wildman–Crippen MR) is 75.3 cm³/mol. The van der Waals surface area contributed by atoms with Crippen molar-refractivity contribution in [3.63, 3.8) is 0 Å². The Kier molecular flexibility index (Phi) is 5.23. The summed E-state index contributed by atoms with van der Waals surface area (Å²) in [5, 5.41) is 2.61. The molecule has 0 heterocycles. The second-order valence-electron chi connectivity index (χ2n) is 5.43. The third-order valence-corrected chi connectivity index (χ3v) is 3.50. The molecule has 20 heavy (non-hydrogen) atoms. The van der Waals surface area contributed by atoms with Crippen molar-refractivity contribution in [3.05, 3.63) is 35.9 Å². The number of nitrogens with one attached hydrogen (secondary N) is 2. The Labute approximate surface area is 118 Å². The van der Waals surface area contributed by atoms with Crippen LogP contribution in [0.4, 0.5) is 8.78 Å². The summed E-state index contributed by atoms with van der Waals surface area (Å²) in [6.45, 7) is 2.80. The van der Waals surface area contributed by atoms with Crippen molar-refractivity contribution in [1.29, 1.82) is 0 Å². The summed E-state index contributed by atoms with van der Waals surface area (Å²) in [7, 11) is -3.38. The number of sulfonamides is 1. The van der Waals surface area contributed by atoms with Gasteiger partial charge in [-0.1, -0.05) is 30.3 Å². The highest BCUT2D eigenvalue weighted by atomic mass is 32.2. The molecule has 0 atom stereocenters. The Bertz CT molecular complexity index is 531. The van der Waals surface area contributed by atoms with Gasteiger partial charge in [-0.3, -0.25) is 0 Å². The van der Waals surface area contributed by atoms with Crippen molar-refractivity contribution < 1.29 is 17.2 Å². The molecule has 0 radical (unpaired) electrons. The fourth-order valence-corrected chi connectivity index (χ4v) is 2.93. The summed E-state index contributed by atoms with van der Waals surface area (Å²) in [5.41, 5.74) is -0.901. The Morgan fingerprint density at radius 3 is 2.15 bits per heavy atom. The van der Waals surface area contributed by atoms with Crippen molar-refractivity contribution in [1.82, 2.24) is 10.0 Å². The van der Waals surface area contributed by atoms with Crippen LogP contribution in [-0.4, -0.2) is 33.3 Å². The highest BCUT2D eigenvalue weighted by molar-refractivity contribution is 7.88. The first-order chi connectivity index (χ1) is 9.02. The van der Waals surface area contributed by atoms with Gasteiger partial charge < -0.3 is 5.32 Å². The number of hydrogen-bond acceptors (Lipinski definition) is 3. The Hall–Kier alpha value is -1.05. The first kappa shape index (κ1) is 17.0. The second kappa shape index (κ2) is 6.15. The van der Waals surface area contributed by atoms with E-state index in [0.29, 0.717) is 0 Å². The quantitative estimate of drug-likeness (QED) is 0.806. The van der Waals surface area contributed by atoms with Crippen molar-refractivity contribution in [2.75, 3.05) is 19.3 Å². The molecule has 0 amide bonds. The van der Waals surface area contributed by atoms with E-state index in [1.54, 1.807) is 32.0 Å². The minimum atomic E-state index is -3.38. The van der Waals surface area contributed by atoms with E-state index in [-0.39, 0.29) is 12.1 Å². The van der Waals surface area contributed by atoms with E-state index in [4.69, 9.17) is 0 Å². The summed E-state index contributed by atoms with van der Waals surface area (Å²) in [5.74, 6) is -3.00. The molecule has 0 saturated heterocycles. The van der Waals surface area contributed by atoms with E-state index in [0.717, 1.165) is 6.26 Å². The number of benzene rings is 1. The van der Waals surface area contributed by atoms with Gasteiger partial charge in [-0.25, -0.2) is 13.1 Å². The van der Waals surface area contributed by atoms with Crippen LogP contribution in [0.1, 0.15) is 19.4 Å². The Morgan fingerprint density at radius 1 is 1.10 bits per heavy atom. The van der Waals surface area contributed by atoms with E-state index in [1.165, 1.54) is 12.1 Å². The molecule has 1 aromatic carbocycles. The summed E-state index contributed by atoms with van der Waals surface area (Å²) in [6.07, 6.45) is 1.04. The van der Waals surface area contributed by atoms with Crippen LogP contribution in [0.25, 0.3) is 0 Å². The molecule has 0 bridgehead atoms. The molecule has 0 saturated carbocycles. The van der Waals surface area contributed by atoms with Crippen molar-refractivity contribution in [3.8, 4) is 0 Å². The number of rotatable bonds is 7. The maximum Gasteiger partial charge on any atom is 0.285 e. The van der Waals surface area contributed by atoms with Crippen LogP contribution < -0.4 is 10.0 Å². The molecule has 4 nitrogen and oxygen atoms in total. The van der Waals surface area contributed by atoms with Crippen LogP contribution in [0.5, 0.6) is 0 Å². The summed E-state index contributed by atoms with van der Waals surface area (Å²) in [4.78, 5) is 0. The van der Waals surface area contributed by atoms with E-state index >= 15 is 0 Å². The van der Waals surface area contributed by atoms with E-state index in [1.807, 2.05) is 0 Å². The molecule has 0 aromatic heterocycles. The van der Waals surface area contributed by atoms with Gasteiger partial charge in [0.15, 0.2) is 0 Å². The smallest absolute Gasteiger partial charge is 0.285 e. The first-order valence-electron chi connectivity index (χ1n) is 6.15. The normalized spacial score (nSPS) is 13.4. The predicted octanol–water partition coefficient (Wildman–Crippen LogP) is 1.70. The van der Waals surface area contributed by atoms with Gasteiger partial charge >= 0.3 is 0 Å². The second-order valence-corrected chi connectivity index (χ2v) is 7.18. The highest BCUT2D eigenvalue weighted by Crippen LogP contribution is 2.26. The fraction of sp³-hybridized carbons (Fsp3) is 0.538. The van der Waals surface area contributed by atoms with Gasteiger partial charge in [-0.2, -0.15) is 8.78 Å². The lowest BCUT2D eigenvalue weighted by Crippen LogP contribution is -2.51. The lowest BCUT2D eigenvalue weighted by atomic mass is 10.1. The molecular formula is C13H20F2N2O2S. The average Bonchev–Trinajstić information content (AvgIpc) is 2.26. The molecule has 0 unspecified atom stereocenters. The molecule has 0 aliphatic rings.